The number of rotatable bonds is 5. The number of carbonyl (C=O) groups excluding carboxylic acids is 1. The molecule has 0 aliphatic heterocycles. The van der Waals surface area contributed by atoms with Gasteiger partial charge in [0.25, 0.3) is 11.6 Å². The van der Waals surface area contributed by atoms with Gasteiger partial charge in [-0.05, 0) is 55.3 Å². The molecule has 4 rings (SSSR count). The maximum absolute atomic E-state index is 12.7. The van der Waals surface area contributed by atoms with Crippen molar-refractivity contribution in [3.63, 3.8) is 0 Å². The largest absolute Gasteiger partial charge is 0.436 e. The van der Waals surface area contributed by atoms with Gasteiger partial charge in [0.15, 0.2) is 5.58 Å². The van der Waals surface area contributed by atoms with Crippen molar-refractivity contribution in [2.75, 3.05) is 5.32 Å². The Bertz CT molecular complexity index is 1260. The summed E-state index contributed by atoms with van der Waals surface area (Å²) in [5.41, 5.74) is 4.33. The van der Waals surface area contributed by atoms with Gasteiger partial charge in [0, 0.05) is 28.4 Å². The van der Waals surface area contributed by atoms with Crippen molar-refractivity contribution >= 4 is 28.4 Å². The lowest BCUT2D eigenvalue weighted by atomic mass is 10.1. The number of nitrogens with zero attached hydrogens (tertiary/aromatic N) is 2. The average molecular weight is 401 g/mol. The van der Waals surface area contributed by atoms with E-state index in [1.807, 2.05) is 24.3 Å². The minimum absolute atomic E-state index is 0.0895. The highest BCUT2D eigenvalue weighted by molar-refractivity contribution is 6.06. The van der Waals surface area contributed by atoms with Gasteiger partial charge >= 0.3 is 0 Å². The quantitative estimate of drug-likeness (QED) is 0.350. The van der Waals surface area contributed by atoms with Crippen LogP contribution in [-0.2, 0) is 6.42 Å². The molecule has 3 aromatic carbocycles. The fourth-order valence-corrected chi connectivity index (χ4v) is 3.28. The maximum Gasteiger partial charge on any atom is 0.273 e. The number of aryl methyl sites for hydroxylation is 1. The SMILES string of the molecule is CCc1ccc(-c2nc3cc(NC(=O)c4cccc([N+](=O)[O-])c4C)ccc3o2)cc1. The van der Waals surface area contributed by atoms with Crippen LogP contribution >= 0.6 is 0 Å². The lowest BCUT2D eigenvalue weighted by molar-refractivity contribution is -0.385. The van der Waals surface area contributed by atoms with Crippen LogP contribution < -0.4 is 5.32 Å². The van der Waals surface area contributed by atoms with Crippen LogP contribution in [0.4, 0.5) is 11.4 Å². The number of carbonyl (C=O) groups is 1. The van der Waals surface area contributed by atoms with Crippen molar-refractivity contribution in [2.24, 2.45) is 0 Å². The number of nitro benzene ring substituents is 1. The van der Waals surface area contributed by atoms with E-state index in [9.17, 15) is 14.9 Å². The van der Waals surface area contributed by atoms with Crippen molar-refractivity contribution in [1.82, 2.24) is 4.98 Å². The van der Waals surface area contributed by atoms with Crippen LogP contribution in [0.1, 0.15) is 28.4 Å². The van der Waals surface area contributed by atoms with Gasteiger partial charge in [-0.25, -0.2) is 4.98 Å². The van der Waals surface area contributed by atoms with Crippen LogP contribution in [0, 0.1) is 17.0 Å². The van der Waals surface area contributed by atoms with Gasteiger partial charge in [-0.3, -0.25) is 14.9 Å². The summed E-state index contributed by atoms with van der Waals surface area (Å²) >= 11 is 0. The molecule has 0 aliphatic carbocycles. The van der Waals surface area contributed by atoms with Crippen LogP contribution in [0.5, 0.6) is 0 Å². The van der Waals surface area contributed by atoms with Crippen molar-refractivity contribution in [3.05, 3.63) is 87.5 Å². The van der Waals surface area contributed by atoms with Crippen LogP contribution in [0.3, 0.4) is 0 Å². The van der Waals surface area contributed by atoms with Crippen molar-refractivity contribution in [3.8, 4) is 11.5 Å². The first-order chi connectivity index (χ1) is 14.5. The Hall–Kier alpha value is -4.00. The Kier molecular flexibility index (Phi) is 5.02. The number of nitro groups is 1. The minimum atomic E-state index is -0.498. The molecule has 7 heteroatoms. The summed E-state index contributed by atoms with van der Waals surface area (Å²) in [4.78, 5) is 27.8. The van der Waals surface area contributed by atoms with Crippen molar-refractivity contribution in [1.29, 1.82) is 0 Å². The van der Waals surface area contributed by atoms with Crippen molar-refractivity contribution in [2.45, 2.75) is 20.3 Å². The molecule has 0 saturated carbocycles. The Labute approximate surface area is 172 Å². The van der Waals surface area contributed by atoms with Gasteiger partial charge in [-0.2, -0.15) is 0 Å². The lowest BCUT2D eigenvalue weighted by Crippen LogP contribution is -2.14. The molecule has 150 valence electrons. The topological polar surface area (TPSA) is 98.3 Å². The number of anilines is 1. The molecule has 1 amide bonds. The predicted octanol–water partition coefficient (Wildman–Crippen LogP) is 5.53. The monoisotopic (exact) mass is 401 g/mol. The molecule has 0 fully saturated rings. The van der Waals surface area contributed by atoms with Crippen molar-refractivity contribution < 1.29 is 14.1 Å². The predicted molar refractivity (Wildman–Crippen MR) is 115 cm³/mol. The number of fused-ring (bicyclic) bond motifs is 1. The van der Waals surface area contributed by atoms with Gasteiger partial charge in [0.05, 0.1) is 4.92 Å². The first-order valence-electron chi connectivity index (χ1n) is 9.51. The number of oxazole rings is 1. The molecule has 0 aliphatic rings. The Morgan fingerprint density at radius 2 is 1.90 bits per heavy atom. The molecule has 0 atom stereocenters. The first-order valence-corrected chi connectivity index (χ1v) is 9.51. The summed E-state index contributed by atoms with van der Waals surface area (Å²) in [5, 5.41) is 13.9. The summed E-state index contributed by atoms with van der Waals surface area (Å²) in [5.74, 6) is 0.0834. The molecule has 1 aromatic heterocycles. The zero-order valence-electron chi connectivity index (χ0n) is 16.5. The second-order valence-electron chi connectivity index (χ2n) is 6.91. The second kappa shape index (κ2) is 7.79. The highest BCUT2D eigenvalue weighted by atomic mass is 16.6. The normalized spacial score (nSPS) is 10.9. The van der Waals surface area contributed by atoms with E-state index in [1.165, 1.54) is 17.7 Å². The third-order valence-corrected chi connectivity index (χ3v) is 5.00. The standard InChI is InChI=1S/C23H19N3O4/c1-3-15-7-9-16(10-8-15)23-25-19-13-17(11-12-21(19)30-23)24-22(27)18-5-4-6-20(14(18)2)26(28)29/h4-13H,3H2,1-2H3,(H,24,27). The molecule has 0 bridgehead atoms. The number of hydrogen-bond acceptors (Lipinski definition) is 5. The fourth-order valence-electron chi connectivity index (χ4n) is 3.28. The van der Waals surface area contributed by atoms with E-state index in [-0.39, 0.29) is 11.3 Å². The molecular weight excluding hydrogens is 382 g/mol. The van der Waals surface area contributed by atoms with E-state index in [0.29, 0.717) is 28.2 Å². The highest BCUT2D eigenvalue weighted by Crippen LogP contribution is 2.27. The number of nitrogens with one attached hydrogen (secondary N) is 1. The van der Waals surface area contributed by atoms with E-state index in [4.69, 9.17) is 4.42 Å². The fraction of sp³-hybridized carbons (Fsp3) is 0.130. The highest BCUT2D eigenvalue weighted by Gasteiger charge is 2.18. The zero-order valence-corrected chi connectivity index (χ0v) is 16.5. The van der Waals surface area contributed by atoms with Crippen LogP contribution in [-0.4, -0.2) is 15.8 Å². The number of benzene rings is 3. The first kappa shape index (κ1) is 19.3. The third kappa shape index (κ3) is 3.65. The molecular formula is C23H19N3O4. The van der Waals surface area contributed by atoms with E-state index >= 15 is 0 Å². The number of amides is 1. The zero-order chi connectivity index (χ0) is 21.3. The number of hydrogen-bond donors (Lipinski definition) is 1. The molecule has 0 saturated heterocycles. The summed E-state index contributed by atoms with van der Waals surface area (Å²) in [6.45, 7) is 3.66. The Morgan fingerprint density at radius 1 is 1.13 bits per heavy atom. The van der Waals surface area contributed by atoms with E-state index in [0.717, 1.165) is 12.0 Å². The van der Waals surface area contributed by atoms with Crippen LogP contribution in [0.15, 0.2) is 65.1 Å². The molecule has 0 unspecified atom stereocenters. The molecule has 1 heterocycles. The van der Waals surface area contributed by atoms with Crippen LogP contribution in [0.2, 0.25) is 0 Å². The van der Waals surface area contributed by atoms with Gasteiger partial charge in [-0.1, -0.05) is 25.1 Å². The third-order valence-electron chi connectivity index (χ3n) is 5.00. The summed E-state index contributed by atoms with van der Waals surface area (Å²) in [6.07, 6.45) is 0.959. The Morgan fingerprint density at radius 3 is 2.60 bits per heavy atom. The minimum Gasteiger partial charge on any atom is -0.436 e. The summed E-state index contributed by atoms with van der Waals surface area (Å²) in [7, 11) is 0. The van der Waals surface area contributed by atoms with E-state index in [1.54, 1.807) is 31.2 Å². The Balaban J connectivity index is 1.60. The van der Waals surface area contributed by atoms with Gasteiger partial charge < -0.3 is 9.73 Å². The maximum atomic E-state index is 12.7. The van der Waals surface area contributed by atoms with Crippen LogP contribution in [0.25, 0.3) is 22.6 Å². The average Bonchev–Trinajstić information content (AvgIpc) is 3.17. The molecule has 1 N–H and O–H groups in total. The number of aromatic nitrogens is 1. The van der Waals surface area contributed by atoms with Gasteiger partial charge in [-0.15, -0.1) is 0 Å². The van der Waals surface area contributed by atoms with Gasteiger partial charge in [0.2, 0.25) is 5.89 Å². The summed E-state index contributed by atoms with van der Waals surface area (Å²) < 4.78 is 5.83. The molecule has 0 spiro atoms. The van der Waals surface area contributed by atoms with Gasteiger partial charge in [0.1, 0.15) is 5.52 Å². The molecule has 7 nitrogen and oxygen atoms in total. The smallest absolute Gasteiger partial charge is 0.273 e. The lowest BCUT2D eigenvalue weighted by Gasteiger charge is -2.07. The molecule has 30 heavy (non-hydrogen) atoms. The summed E-state index contributed by atoms with van der Waals surface area (Å²) in [6, 6.07) is 17.6. The molecule has 0 radical (unpaired) electrons. The molecule has 4 aromatic rings. The van der Waals surface area contributed by atoms with E-state index < -0.39 is 10.8 Å². The van der Waals surface area contributed by atoms with E-state index in [2.05, 4.69) is 17.2 Å². The second-order valence-corrected chi connectivity index (χ2v) is 6.91.